The first-order valence-electron chi connectivity index (χ1n) is 6.21. The molecule has 0 aromatic carbocycles. The van der Waals surface area contributed by atoms with Crippen LogP contribution < -0.4 is 5.32 Å². The monoisotopic (exact) mass is 215 g/mol. The summed E-state index contributed by atoms with van der Waals surface area (Å²) in [6.45, 7) is 12.8. The molecule has 0 spiro atoms. The number of rotatable bonds is 8. The van der Waals surface area contributed by atoms with Crippen LogP contribution in [0.3, 0.4) is 0 Å². The predicted octanol–water partition coefficient (Wildman–Crippen LogP) is 2.81. The van der Waals surface area contributed by atoms with E-state index in [0.29, 0.717) is 18.1 Å². The van der Waals surface area contributed by atoms with Crippen LogP contribution in [0.25, 0.3) is 0 Å². The molecule has 92 valence electrons. The molecule has 0 rings (SSSR count). The van der Waals surface area contributed by atoms with Crippen molar-refractivity contribution in [3.05, 3.63) is 0 Å². The van der Waals surface area contributed by atoms with Gasteiger partial charge < -0.3 is 10.4 Å². The van der Waals surface area contributed by atoms with Crippen LogP contribution >= 0.6 is 0 Å². The minimum absolute atomic E-state index is 0.307. The summed E-state index contributed by atoms with van der Waals surface area (Å²) in [7, 11) is 0. The summed E-state index contributed by atoms with van der Waals surface area (Å²) >= 11 is 0. The Morgan fingerprint density at radius 1 is 1.20 bits per heavy atom. The summed E-state index contributed by atoms with van der Waals surface area (Å²) in [5.41, 5.74) is 0.377. The molecule has 2 nitrogen and oxygen atoms in total. The molecule has 0 aromatic rings. The van der Waals surface area contributed by atoms with Crippen molar-refractivity contribution in [1.82, 2.24) is 5.32 Å². The molecule has 1 unspecified atom stereocenters. The van der Waals surface area contributed by atoms with Crippen molar-refractivity contribution in [2.24, 2.45) is 11.3 Å². The molecule has 2 N–H and O–H groups in total. The van der Waals surface area contributed by atoms with E-state index in [2.05, 4.69) is 39.9 Å². The summed E-state index contributed by atoms with van der Waals surface area (Å²) in [4.78, 5) is 0. The molecule has 1 atom stereocenters. The van der Waals surface area contributed by atoms with Gasteiger partial charge in [0.15, 0.2) is 0 Å². The third-order valence-electron chi connectivity index (χ3n) is 2.69. The quantitative estimate of drug-likeness (QED) is 0.652. The Labute approximate surface area is 95.5 Å². The number of hydrogen-bond acceptors (Lipinski definition) is 2. The van der Waals surface area contributed by atoms with Crippen LogP contribution in [0.15, 0.2) is 0 Å². The highest BCUT2D eigenvalue weighted by atomic mass is 16.2. The van der Waals surface area contributed by atoms with Crippen molar-refractivity contribution in [3.8, 4) is 0 Å². The van der Waals surface area contributed by atoms with E-state index < -0.39 is 0 Å². The Morgan fingerprint density at radius 2 is 1.80 bits per heavy atom. The second-order valence-electron chi connectivity index (χ2n) is 5.91. The van der Waals surface area contributed by atoms with E-state index in [0.717, 1.165) is 25.3 Å². The van der Waals surface area contributed by atoms with Crippen LogP contribution in [0.2, 0.25) is 0 Å². The lowest BCUT2D eigenvalue weighted by atomic mass is 9.84. The number of aliphatic hydroxyl groups is 1. The molecule has 0 aliphatic heterocycles. The Bertz CT molecular complexity index is 155. The lowest BCUT2D eigenvalue weighted by Crippen LogP contribution is -2.36. The largest absolute Gasteiger partial charge is 0.396 e. The van der Waals surface area contributed by atoms with Crippen molar-refractivity contribution >= 4 is 0 Å². The summed E-state index contributed by atoms with van der Waals surface area (Å²) in [6, 6.07) is 0.517. The van der Waals surface area contributed by atoms with E-state index in [1.165, 1.54) is 6.42 Å². The van der Waals surface area contributed by atoms with E-state index in [1.54, 1.807) is 0 Å². The van der Waals surface area contributed by atoms with Crippen LogP contribution in [0.1, 0.15) is 53.9 Å². The van der Waals surface area contributed by atoms with E-state index in [4.69, 9.17) is 5.11 Å². The fourth-order valence-electron chi connectivity index (χ4n) is 2.13. The zero-order valence-corrected chi connectivity index (χ0v) is 11.1. The summed E-state index contributed by atoms with van der Waals surface area (Å²) < 4.78 is 0. The lowest BCUT2D eigenvalue weighted by molar-refractivity contribution is 0.249. The van der Waals surface area contributed by atoms with Gasteiger partial charge in [-0.05, 0) is 37.5 Å². The molecular weight excluding hydrogens is 186 g/mol. The third-order valence-corrected chi connectivity index (χ3v) is 2.69. The van der Waals surface area contributed by atoms with Gasteiger partial charge in [0.1, 0.15) is 0 Å². The average molecular weight is 215 g/mol. The van der Waals surface area contributed by atoms with E-state index >= 15 is 0 Å². The maximum absolute atomic E-state index is 8.73. The molecule has 2 heteroatoms. The highest BCUT2D eigenvalue weighted by molar-refractivity contribution is 4.75. The van der Waals surface area contributed by atoms with Crippen molar-refractivity contribution < 1.29 is 5.11 Å². The van der Waals surface area contributed by atoms with E-state index in [-0.39, 0.29) is 0 Å². The maximum Gasteiger partial charge on any atom is 0.0431 e. The maximum atomic E-state index is 8.73. The molecule has 0 amide bonds. The minimum atomic E-state index is 0.307. The first-order valence-corrected chi connectivity index (χ1v) is 6.21. The predicted molar refractivity (Wildman–Crippen MR) is 67.0 cm³/mol. The standard InChI is InChI=1S/C13H29NO/c1-11(2)9-13(4,5)10-14-12(3)7-6-8-15/h11-12,14-15H,6-10H2,1-5H3. The van der Waals surface area contributed by atoms with Gasteiger partial charge in [-0.15, -0.1) is 0 Å². The zero-order valence-electron chi connectivity index (χ0n) is 11.1. The molecule has 0 aromatic heterocycles. The molecule has 0 heterocycles. The summed E-state index contributed by atoms with van der Waals surface area (Å²) in [5.74, 6) is 0.759. The molecule has 0 fully saturated rings. The minimum Gasteiger partial charge on any atom is -0.396 e. The summed E-state index contributed by atoms with van der Waals surface area (Å²) in [6.07, 6.45) is 3.22. The topological polar surface area (TPSA) is 32.3 Å². The Kier molecular flexibility index (Phi) is 7.20. The van der Waals surface area contributed by atoms with Crippen molar-refractivity contribution in [3.63, 3.8) is 0 Å². The highest BCUT2D eigenvalue weighted by Gasteiger charge is 2.19. The van der Waals surface area contributed by atoms with Gasteiger partial charge in [-0.2, -0.15) is 0 Å². The molecule has 0 aliphatic rings. The smallest absolute Gasteiger partial charge is 0.0431 e. The fraction of sp³-hybridized carbons (Fsp3) is 1.00. The molecule has 15 heavy (non-hydrogen) atoms. The molecular formula is C13H29NO. The van der Waals surface area contributed by atoms with Gasteiger partial charge in [-0.3, -0.25) is 0 Å². The van der Waals surface area contributed by atoms with Gasteiger partial charge in [0, 0.05) is 19.2 Å². The number of hydrogen-bond donors (Lipinski definition) is 2. The third kappa shape index (κ3) is 8.88. The van der Waals surface area contributed by atoms with Gasteiger partial charge in [0.25, 0.3) is 0 Å². The van der Waals surface area contributed by atoms with Gasteiger partial charge in [0.2, 0.25) is 0 Å². The number of aliphatic hydroxyl groups excluding tert-OH is 1. The Hall–Kier alpha value is -0.0800. The average Bonchev–Trinajstić information content (AvgIpc) is 2.09. The van der Waals surface area contributed by atoms with Crippen LogP contribution in [-0.2, 0) is 0 Å². The van der Waals surface area contributed by atoms with Gasteiger partial charge >= 0.3 is 0 Å². The first kappa shape index (κ1) is 14.9. The van der Waals surface area contributed by atoms with E-state index in [1.807, 2.05) is 0 Å². The SMILES string of the molecule is CC(C)CC(C)(C)CNC(C)CCCO. The summed E-state index contributed by atoms with van der Waals surface area (Å²) in [5, 5.41) is 12.3. The fourth-order valence-corrected chi connectivity index (χ4v) is 2.13. The normalized spacial score (nSPS) is 14.6. The van der Waals surface area contributed by atoms with Crippen molar-refractivity contribution in [1.29, 1.82) is 0 Å². The molecule has 0 radical (unpaired) electrons. The molecule has 0 aliphatic carbocycles. The zero-order chi connectivity index (χ0) is 11.9. The first-order chi connectivity index (χ1) is 6.87. The van der Waals surface area contributed by atoms with Gasteiger partial charge in [-0.1, -0.05) is 27.7 Å². The molecule has 0 bridgehead atoms. The van der Waals surface area contributed by atoms with Crippen LogP contribution in [0.4, 0.5) is 0 Å². The molecule has 0 saturated carbocycles. The second kappa shape index (κ2) is 7.24. The van der Waals surface area contributed by atoms with Crippen LogP contribution in [0.5, 0.6) is 0 Å². The second-order valence-corrected chi connectivity index (χ2v) is 5.91. The van der Waals surface area contributed by atoms with Gasteiger partial charge in [-0.25, -0.2) is 0 Å². The van der Waals surface area contributed by atoms with Crippen molar-refractivity contribution in [2.75, 3.05) is 13.2 Å². The highest BCUT2D eigenvalue weighted by Crippen LogP contribution is 2.24. The van der Waals surface area contributed by atoms with Crippen LogP contribution in [-0.4, -0.2) is 24.3 Å². The Balaban J connectivity index is 3.71. The van der Waals surface area contributed by atoms with E-state index in [9.17, 15) is 0 Å². The number of nitrogens with one attached hydrogen (secondary N) is 1. The van der Waals surface area contributed by atoms with Crippen LogP contribution in [0, 0.1) is 11.3 Å². The van der Waals surface area contributed by atoms with Crippen molar-refractivity contribution in [2.45, 2.75) is 59.9 Å². The van der Waals surface area contributed by atoms with Gasteiger partial charge in [0.05, 0.1) is 0 Å². The molecule has 0 saturated heterocycles. The lowest BCUT2D eigenvalue weighted by Gasteiger charge is -2.29. The Morgan fingerprint density at radius 3 is 2.27 bits per heavy atom.